The number of rotatable bonds is 2. The van der Waals surface area contributed by atoms with E-state index in [1.165, 1.54) is 19.3 Å². The van der Waals surface area contributed by atoms with Crippen molar-refractivity contribution >= 4 is 5.91 Å². The Bertz CT molecular complexity index is 224. The molecule has 0 heterocycles. The van der Waals surface area contributed by atoms with Crippen molar-refractivity contribution in [2.75, 3.05) is 0 Å². The first kappa shape index (κ1) is 10.0. The van der Waals surface area contributed by atoms with E-state index in [9.17, 15) is 4.79 Å². The summed E-state index contributed by atoms with van der Waals surface area (Å²) < 4.78 is 0. The number of nitriles is 1. The van der Waals surface area contributed by atoms with Crippen LogP contribution in [-0.4, -0.2) is 11.4 Å². The Labute approximate surface area is 79.1 Å². The molecular formula is C10H16N2O. The van der Waals surface area contributed by atoms with Crippen LogP contribution in [0.1, 0.15) is 45.4 Å². The molecule has 0 spiro atoms. The Morgan fingerprint density at radius 1 is 1.46 bits per heavy atom. The average molecular weight is 180 g/mol. The lowest BCUT2D eigenvalue weighted by Crippen LogP contribution is -2.47. The fourth-order valence-electron chi connectivity index (χ4n) is 1.91. The molecule has 0 unspecified atom stereocenters. The van der Waals surface area contributed by atoms with Crippen LogP contribution in [0.15, 0.2) is 0 Å². The summed E-state index contributed by atoms with van der Waals surface area (Å²) in [6.07, 6.45) is 5.71. The summed E-state index contributed by atoms with van der Waals surface area (Å²) in [5, 5.41) is 11.3. The SMILES string of the molecule is CC1(NC(=O)CC#N)CCCCC1. The molecule has 0 aromatic rings. The van der Waals surface area contributed by atoms with Gasteiger partial charge in [-0.3, -0.25) is 4.79 Å². The van der Waals surface area contributed by atoms with Crippen LogP contribution in [0, 0.1) is 11.3 Å². The third-order valence-corrected chi connectivity index (χ3v) is 2.64. The third-order valence-electron chi connectivity index (χ3n) is 2.64. The van der Waals surface area contributed by atoms with E-state index in [1.54, 1.807) is 0 Å². The molecule has 1 rings (SSSR count). The summed E-state index contributed by atoms with van der Waals surface area (Å²) in [7, 11) is 0. The summed E-state index contributed by atoms with van der Waals surface area (Å²) in [5.41, 5.74) is -0.0494. The molecule has 1 fully saturated rings. The fraction of sp³-hybridized carbons (Fsp3) is 0.800. The minimum Gasteiger partial charge on any atom is -0.350 e. The maximum Gasteiger partial charge on any atom is 0.234 e. The van der Waals surface area contributed by atoms with Gasteiger partial charge in [0.25, 0.3) is 0 Å². The molecular weight excluding hydrogens is 164 g/mol. The maximum atomic E-state index is 11.2. The zero-order valence-corrected chi connectivity index (χ0v) is 8.10. The average Bonchev–Trinajstić information content (AvgIpc) is 2.04. The van der Waals surface area contributed by atoms with Gasteiger partial charge in [-0.05, 0) is 19.8 Å². The van der Waals surface area contributed by atoms with Crippen molar-refractivity contribution in [3.05, 3.63) is 0 Å². The lowest BCUT2D eigenvalue weighted by molar-refractivity contribution is -0.122. The number of hydrogen-bond acceptors (Lipinski definition) is 2. The molecule has 0 saturated heterocycles. The number of hydrogen-bond donors (Lipinski definition) is 1. The third kappa shape index (κ3) is 3.06. The van der Waals surface area contributed by atoms with Crippen LogP contribution in [0.5, 0.6) is 0 Å². The Balaban J connectivity index is 2.41. The first-order chi connectivity index (χ1) is 6.16. The highest BCUT2D eigenvalue weighted by atomic mass is 16.1. The second-order valence-electron chi connectivity index (χ2n) is 4.00. The second kappa shape index (κ2) is 4.27. The van der Waals surface area contributed by atoms with Gasteiger partial charge in [0, 0.05) is 5.54 Å². The van der Waals surface area contributed by atoms with Gasteiger partial charge in [0.05, 0.1) is 6.07 Å². The van der Waals surface area contributed by atoms with E-state index >= 15 is 0 Å². The molecule has 0 aliphatic heterocycles. The topological polar surface area (TPSA) is 52.9 Å². The summed E-state index contributed by atoms with van der Waals surface area (Å²) in [5.74, 6) is -0.132. The van der Waals surface area contributed by atoms with Gasteiger partial charge in [-0.2, -0.15) is 5.26 Å². The molecule has 1 aliphatic rings. The molecule has 0 aromatic carbocycles. The highest BCUT2D eigenvalue weighted by Gasteiger charge is 2.27. The van der Waals surface area contributed by atoms with Gasteiger partial charge in [0.1, 0.15) is 6.42 Å². The van der Waals surface area contributed by atoms with Crippen molar-refractivity contribution < 1.29 is 4.79 Å². The van der Waals surface area contributed by atoms with Crippen molar-refractivity contribution in [2.45, 2.75) is 51.0 Å². The van der Waals surface area contributed by atoms with Crippen LogP contribution in [0.25, 0.3) is 0 Å². The molecule has 1 amide bonds. The van der Waals surface area contributed by atoms with E-state index in [0.29, 0.717) is 0 Å². The van der Waals surface area contributed by atoms with Crippen LogP contribution in [-0.2, 0) is 4.79 Å². The fourth-order valence-corrected chi connectivity index (χ4v) is 1.91. The zero-order valence-electron chi connectivity index (χ0n) is 8.10. The first-order valence-electron chi connectivity index (χ1n) is 4.84. The van der Waals surface area contributed by atoms with E-state index in [4.69, 9.17) is 5.26 Å². The molecule has 72 valence electrons. The Morgan fingerprint density at radius 2 is 2.08 bits per heavy atom. The Morgan fingerprint density at radius 3 is 2.62 bits per heavy atom. The second-order valence-corrected chi connectivity index (χ2v) is 4.00. The standard InChI is InChI=1S/C10H16N2O/c1-10(6-3-2-4-7-10)12-9(13)5-8-11/h2-7H2,1H3,(H,12,13). The van der Waals surface area contributed by atoms with Crippen LogP contribution in [0.3, 0.4) is 0 Å². The summed E-state index contributed by atoms with van der Waals surface area (Å²) >= 11 is 0. The first-order valence-corrected chi connectivity index (χ1v) is 4.84. The molecule has 3 heteroatoms. The molecule has 0 radical (unpaired) electrons. The van der Waals surface area contributed by atoms with Gasteiger partial charge in [0.2, 0.25) is 5.91 Å². The van der Waals surface area contributed by atoms with E-state index in [2.05, 4.69) is 12.2 Å². The molecule has 0 atom stereocenters. The number of nitrogens with one attached hydrogen (secondary N) is 1. The van der Waals surface area contributed by atoms with E-state index in [1.807, 2.05) is 6.07 Å². The van der Waals surface area contributed by atoms with Gasteiger partial charge < -0.3 is 5.32 Å². The molecule has 13 heavy (non-hydrogen) atoms. The van der Waals surface area contributed by atoms with Crippen LogP contribution in [0.2, 0.25) is 0 Å². The zero-order chi connectivity index (χ0) is 9.73. The number of carbonyl (C=O) groups is 1. The van der Waals surface area contributed by atoms with Gasteiger partial charge in [0.15, 0.2) is 0 Å². The number of amides is 1. The summed E-state index contributed by atoms with van der Waals surface area (Å²) in [6, 6.07) is 1.86. The Hall–Kier alpha value is -1.04. The van der Waals surface area contributed by atoms with Crippen molar-refractivity contribution in [2.24, 2.45) is 0 Å². The van der Waals surface area contributed by atoms with Gasteiger partial charge in [-0.15, -0.1) is 0 Å². The van der Waals surface area contributed by atoms with Crippen LogP contribution >= 0.6 is 0 Å². The lowest BCUT2D eigenvalue weighted by atomic mass is 9.83. The summed E-state index contributed by atoms with van der Waals surface area (Å²) in [4.78, 5) is 11.2. The van der Waals surface area contributed by atoms with E-state index < -0.39 is 0 Å². The normalized spacial score (nSPS) is 20.3. The largest absolute Gasteiger partial charge is 0.350 e. The van der Waals surface area contributed by atoms with Gasteiger partial charge in [-0.25, -0.2) is 0 Å². The molecule has 1 aliphatic carbocycles. The minimum absolute atomic E-state index is 0.0183. The minimum atomic E-state index is -0.132. The van der Waals surface area contributed by atoms with Crippen molar-refractivity contribution in [1.82, 2.24) is 5.32 Å². The number of nitrogens with zero attached hydrogens (tertiary/aromatic N) is 1. The molecule has 0 aromatic heterocycles. The summed E-state index contributed by atoms with van der Waals surface area (Å²) in [6.45, 7) is 2.07. The van der Waals surface area contributed by atoms with Gasteiger partial charge in [-0.1, -0.05) is 19.3 Å². The predicted octanol–water partition coefficient (Wildman–Crippen LogP) is 1.74. The van der Waals surface area contributed by atoms with Crippen molar-refractivity contribution in [3.8, 4) is 6.07 Å². The van der Waals surface area contributed by atoms with E-state index in [-0.39, 0.29) is 17.9 Å². The smallest absolute Gasteiger partial charge is 0.234 e. The molecule has 1 N–H and O–H groups in total. The predicted molar refractivity (Wildman–Crippen MR) is 49.9 cm³/mol. The molecule has 3 nitrogen and oxygen atoms in total. The molecule has 1 saturated carbocycles. The van der Waals surface area contributed by atoms with E-state index in [0.717, 1.165) is 12.8 Å². The van der Waals surface area contributed by atoms with Crippen LogP contribution < -0.4 is 5.32 Å². The highest BCUT2D eigenvalue weighted by molar-refractivity contribution is 5.78. The lowest BCUT2D eigenvalue weighted by Gasteiger charge is -2.34. The highest BCUT2D eigenvalue weighted by Crippen LogP contribution is 2.27. The monoisotopic (exact) mass is 180 g/mol. The maximum absolute atomic E-state index is 11.2. The van der Waals surface area contributed by atoms with Crippen LogP contribution in [0.4, 0.5) is 0 Å². The quantitative estimate of drug-likeness (QED) is 0.703. The molecule has 0 bridgehead atoms. The number of carbonyl (C=O) groups excluding carboxylic acids is 1. The van der Waals surface area contributed by atoms with Gasteiger partial charge >= 0.3 is 0 Å². The van der Waals surface area contributed by atoms with Crippen molar-refractivity contribution in [1.29, 1.82) is 5.26 Å². The Kier molecular flexibility index (Phi) is 3.30. The van der Waals surface area contributed by atoms with Crippen molar-refractivity contribution in [3.63, 3.8) is 0 Å².